The summed E-state index contributed by atoms with van der Waals surface area (Å²) in [5.41, 5.74) is 4.46. The van der Waals surface area contributed by atoms with Gasteiger partial charge in [-0.2, -0.15) is 5.10 Å². The van der Waals surface area contributed by atoms with Gasteiger partial charge in [-0.15, -0.1) is 0 Å². The predicted octanol–water partition coefficient (Wildman–Crippen LogP) is 3.63. The van der Waals surface area contributed by atoms with Gasteiger partial charge in [-0.05, 0) is 59.7 Å². The first-order valence-corrected chi connectivity index (χ1v) is 7.77. The molecule has 3 aromatic rings. The molecule has 0 radical (unpaired) electrons. The number of carbonyl (C=O) groups is 1. The second-order valence-corrected chi connectivity index (χ2v) is 5.69. The molecule has 0 aliphatic carbocycles. The summed E-state index contributed by atoms with van der Waals surface area (Å²) in [7, 11) is 1.62. The lowest BCUT2D eigenvalue weighted by Gasteiger charge is -2.05. The summed E-state index contributed by atoms with van der Waals surface area (Å²) in [4.78, 5) is 12.2. The molecule has 5 heteroatoms. The lowest BCUT2D eigenvalue weighted by molar-refractivity contribution is 0.0955. The number of hydrogen-bond donors (Lipinski definition) is 2. The number of hydrogen-bond acceptors (Lipinski definition) is 4. The van der Waals surface area contributed by atoms with E-state index in [1.807, 2.05) is 37.3 Å². The van der Waals surface area contributed by atoms with Crippen LogP contribution in [0.5, 0.6) is 11.5 Å². The van der Waals surface area contributed by atoms with Gasteiger partial charge in [-0.1, -0.05) is 18.2 Å². The minimum atomic E-state index is -0.319. The third-order valence-corrected chi connectivity index (χ3v) is 3.87. The Morgan fingerprint density at radius 3 is 2.60 bits per heavy atom. The first-order chi connectivity index (χ1) is 12.1. The quantitative estimate of drug-likeness (QED) is 0.565. The Hall–Kier alpha value is -3.34. The number of carbonyl (C=O) groups excluding carboxylic acids is 1. The van der Waals surface area contributed by atoms with Crippen LogP contribution < -0.4 is 10.2 Å². The Balaban J connectivity index is 1.74. The van der Waals surface area contributed by atoms with Crippen LogP contribution in [0, 0.1) is 6.92 Å². The van der Waals surface area contributed by atoms with Crippen molar-refractivity contribution in [1.29, 1.82) is 0 Å². The number of aryl methyl sites for hydroxylation is 1. The van der Waals surface area contributed by atoms with Gasteiger partial charge in [0.25, 0.3) is 5.91 Å². The molecule has 0 aliphatic heterocycles. The molecule has 2 N–H and O–H groups in total. The molecular formula is C20H18N2O3. The third-order valence-electron chi connectivity index (χ3n) is 3.87. The minimum absolute atomic E-state index is 0.123. The maximum atomic E-state index is 12.2. The van der Waals surface area contributed by atoms with Gasteiger partial charge in [0.15, 0.2) is 0 Å². The standard InChI is InChI=1S/C20H18N2O3/c1-13-3-4-17(19(23)9-13)12-21-22-20(24)16-6-5-15-11-18(25-2)8-7-14(15)10-16/h3-12,23H,1-2H3,(H,22,24). The molecule has 5 nitrogen and oxygen atoms in total. The van der Waals surface area contributed by atoms with Crippen LogP contribution in [0.2, 0.25) is 0 Å². The molecule has 0 aliphatic rings. The van der Waals surface area contributed by atoms with Crippen molar-refractivity contribution in [3.8, 4) is 11.5 Å². The Morgan fingerprint density at radius 1 is 1.08 bits per heavy atom. The van der Waals surface area contributed by atoms with Crippen LogP contribution in [-0.2, 0) is 0 Å². The minimum Gasteiger partial charge on any atom is -0.507 e. The van der Waals surface area contributed by atoms with Crippen molar-refractivity contribution in [2.24, 2.45) is 5.10 Å². The molecule has 0 aromatic heterocycles. The predicted molar refractivity (Wildman–Crippen MR) is 98.4 cm³/mol. The average molecular weight is 334 g/mol. The fraction of sp³-hybridized carbons (Fsp3) is 0.100. The van der Waals surface area contributed by atoms with Crippen LogP contribution in [0.1, 0.15) is 21.5 Å². The van der Waals surface area contributed by atoms with Crippen LogP contribution in [0.25, 0.3) is 10.8 Å². The fourth-order valence-electron chi connectivity index (χ4n) is 2.48. The molecule has 0 spiro atoms. The van der Waals surface area contributed by atoms with Crippen molar-refractivity contribution in [2.45, 2.75) is 6.92 Å². The van der Waals surface area contributed by atoms with Gasteiger partial charge < -0.3 is 9.84 Å². The maximum absolute atomic E-state index is 12.2. The molecule has 0 heterocycles. The first kappa shape index (κ1) is 16.5. The van der Waals surface area contributed by atoms with E-state index in [0.717, 1.165) is 22.1 Å². The van der Waals surface area contributed by atoms with Gasteiger partial charge >= 0.3 is 0 Å². The normalized spacial score (nSPS) is 11.0. The summed E-state index contributed by atoms with van der Waals surface area (Å²) in [6.45, 7) is 1.89. The topological polar surface area (TPSA) is 70.9 Å². The van der Waals surface area contributed by atoms with E-state index in [9.17, 15) is 9.90 Å². The van der Waals surface area contributed by atoms with E-state index in [-0.39, 0.29) is 11.7 Å². The lowest BCUT2D eigenvalue weighted by atomic mass is 10.1. The Kier molecular flexibility index (Phi) is 4.66. The molecule has 0 unspecified atom stereocenters. The SMILES string of the molecule is COc1ccc2cc(C(=O)NN=Cc3ccc(C)cc3O)ccc2c1. The summed E-state index contributed by atoms with van der Waals surface area (Å²) in [6, 6.07) is 16.3. The highest BCUT2D eigenvalue weighted by atomic mass is 16.5. The van der Waals surface area contributed by atoms with Crippen molar-refractivity contribution in [3.05, 3.63) is 71.3 Å². The third kappa shape index (κ3) is 3.77. The van der Waals surface area contributed by atoms with E-state index in [1.54, 1.807) is 31.4 Å². The summed E-state index contributed by atoms with van der Waals surface area (Å²) >= 11 is 0. The Bertz CT molecular complexity index is 964. The molecule has 126 valence electrons. The second-order valence-electron chi connectivity index (χ2n) is 5.69. The van der Waals surface area contributed by atoms with Crippen molar-refractivity contribution in [1.82, 2.24) is 5.43 Å². The number of amides is 1. The van der Waals surface area contributed by atoms with Crippen molar-refractivity contribution >= 4 is 22.9 Å². The molecule has 0 bridgehead atoms. The number of phenolic OH excluding ortho intramolecular Hbond substituents is 1. The monoisotopic (exact) mass is 334 g/mol. The number of rotatable bonds is 4. The van der Waals surface area contributed by atoms with Gasteiger partial charge in [0.05, 0.1) is 13.3 Å². The van der Waals surface area contributed by atoms with Gasteiger partial charge in [0.2, 0.25) is 0 Å². The molecule has 0 atom stereocenters. The van der Waals surface area contributed by atoms with Crippen LogP contribution in [0.4, 0.5) is 0 Å². The number of aromatic hydroxyl groups is 1. The molecule has 0 saturated carbocycles. The van der Waals surface area contributed by atoms with Gasteiger partial charge in [-0.3, -0.25) is 4.79 Å². The number of methoxy groups -OCH3 is 1. The van der Waals surface area contributed by atoms with Gasteiger partial charge in [0, 0.05) is 11.1 Å². The van der Waals surface area contributed by atoms with E-state index < -0.39 is 0 Å². The zero-order chi connectivity index (χ0) is 17.8. The summed E-state index contributed by atoms with van der Waals surface area (Å²) < 4.78 is 5.19. The summed E-state index contributed by atoms with van der Waals surface area (Å²) in [6.07, 6.45) is 1.42. The maximum Gasteiger partial charge on any atom is 0.271 e. The van der Waals surface area contributed by atoms with E-state index >= 15 is 0 Å². The van der Waals surface area contributed by atoms with E-state index in [4.69, 9.17) is 4.74 Å². The smallest absolute Gasteiger partial charge is 0.271 e. The van der Waals surface area contributed by atoms with Crippen LogP contribution in [-0.4, -0.2) is 24.3 Å². The van der Waals surface area contributed by atoms with E-state index in [2.05, 4.69) is 10.5 Å². The molecule has 0 fully saturated rings. The highest BCUT2D eigenvalue weighted by Crippen LogP contribution is 2.22. The number of fused-ring (bicyclic) bond motifs is 1. The average Bonchev–Trinajstić information content (AvgIpc) is 2.62. The van der Waals surface area contributed by atoms with Crippen LogP contribution >= 0.6 is 0 Å². The summed E-state index contributed by atoms with van der Waals surface area (Å²) in [5, 5.41) is 15.7. The Morgan fingerprint density at radius 2 is 1.84 bits per heavy atom. The molecular weight excluding hydrogens is 316 g/mol. The van der Waals surface area contributed by atoms with Crippen molar-refractivity contribution in [2.75, 3.05) is 7.11 Å². The first-order valence-electron chi connectivity index (χ1n) is 7.77. The van der Waals surface area contributed by atoms with E-state index in [0.29, 0.717) is 11.1 Å². The van der Waals surface area contributed by atoms with Crippen LogP contribution in [0.3, 0.4) is 0 Å². The molecule has 1 amide bonds. The van der Waals surface area contributed by atoms with Crippen LogP contribution in [0.15, 0.2) is 59.7 Å². The number of nitrogens with zero attached hydrogens (tertiary/aromatic N) is 1. The van der Waals surface area contributed by atoms with Crippen molar-refractivity contribution < 1.29 is 14.6 Å². The van der Waals surface area contributed by atoms with Crippen molar-refractivity contribution in [3.63, 3.8) is 0 Å². The zero-order valence-electron chi connectivity index (χ0n) is 14.0. The number of hydrazone groups is 1. The highest BCUT2D eigenvalue weighted by Gasteiger charge is 2.06. The largest absolute Gasteiger partial charge is 0.507 e. The fourth-order valence-corrected chi connectivity index (χ4v) is 2.48. The highest BCUT2D eigenvalue weighted by molar-refractivity contribution is 5.99. The number of benzene rings is 3. The molecule has 3 aromatic carbocycles. The second kappa shape index (κ2) is 7.05. The Labute approximate surface area is 145 Å². The lowest BCUT2D eigenvalue weighted by Crippen LogP contribution is -2.17. The molecule has 3 rings (SSSR count). The zero-order valence-corrected chi connectivity index (χ0v) is 14.0. The van der Waals surface area contributed by atoms with Gasteiger partial charge in [0.1, 0.15) is 11.5 Å². The van der Waals surface area contributed by atoms with Gasteiger partial charge in [-0.25, -0.2) is 5.43 Å². The summed E-state index contributed by atoms with van der Waals surface area (Å²) in [5.74, 6) is 0.574. The molecule has 25 heavy (non-hydrogen) atoms. The number of nitrogens with one attached hydrogen (secondary N) is 1. The number of ether oxygens (including phenoxy) is 1. The van der Waals surface area contributed by atoms with E-state index in [1.165, 1.54) is 6.21 Å². The number of phenols is 1. The molecule has 0 saturated heterocycles.